The van der Waals surface area contributed by atoms with Gasteiger partial charge in [-0.1, -0.05) is 6.07 Å². The molecule has 0 spiro atoms. The van der Waals surface area contributed by atoms with Gasteiger partial charge in [-0.25, -0.2) is 0 Å². The molecular formula is C16H17BrN2O3S. The first kappa shape index (κ1) is 17.6. The Labute approximate surface area is 147 Å². The van der Waals surface area contributed by atoms with E-state index < -0.39 is 5.91 Å². The average Bonchev–Trinajstić information content (AvgIpc) is 2.47. The molecule has 0 unspecified atom stereocenters. The molecular weight excluding hydrogens is 380 g/mol. The number of hydrogen-bond acceptors (Lipinski definition) is 4. The van der Waals surface area contributed by atoms with Crippen molar-refractivity contribution in [3.63, 3.8) is 0 Å². The Balaban J connectivity index is 2.43. The van der Waals surface area contributed by atoms with E-state index in [2.05, 4.69) is 15.9 Å². The van der Waals surface area contributed by atoms with E-state index >= 15 is 0 Å². The van der Waals surface area contributed by atoms with Crippen LogP contribution in [0.4, 0.5) is 4.79 Å². The lowest BCUT2D eigenvalue weighted by Crippen LogP contribution is -2.33. The number of methoxy groups -OCH3 is 1. The summed E-state index contributed by atoms with van der Waals surface area (Å²) in [5.74, 6) is 0.194. The molecule has 2 aromatic rings. The highest BCUT2D eigenvalue weighted by Gasteiger charge is 2.16. The van der Waals surface area contributed by atoms with Crippen LogP contribution in [-0.2, 0) is 4.79 Å². The Kier molecular flexibility index (Phi) is 5.54. The maximum Gasteiger partial charge on any atom is 0.286 e. The maximum absolute atomic E-state index is 12.3. The number of carbonyl (C=O) groups is 2. The third-order valence-electron chi connectivity index (χ3n) is 3.26. The van der Waals surface area contributed by atoms with E-state index in [1.165, 1.54) is 4.90 Å². The minimum atomic E-state index is -0.539. The zero-order valence-electron chi connectivity index (χ0n) is 13.1. The third kappa shape index (κ3) is 3.97. The van der Waals surface area contributed by atoms with Gasteiger partial charge < -0.3 is 15.4 Å². The van der Waals surface area contributed by atoms with Crippen molar-refractivity contribution in [1.29, 1.82) is 0 Å². The predicted molar refractivity (Wildman–Crippen MR) is 96.0 cm³/mol. The molecule has 0 radical (unpaired) electrons. The largest absolute Gasteiger partial charge is 0.496 e. The monoisotopic (exact) mass is 396 g/mol. The molecule has 2 amide bonds. The Hall–Kier alpha value is -1.73. The van der Waals surface area contributed by atoms with Crippen LogP contribution in [-0.4, -0.2) is 36.7 Å². The van der Waals surface area contributed by atoms with Crippen molar-refractivity contribution in [2.24, 2.45) is 5.73 Å². The van der Waals surface area contributed by atoms with Crippen LogP contribution in [0, 0.1) is 6.92 Å². The van der Waals surface area contributed by atoms with Crippen LogP contribution in [0.25, 0.3) is 10.8 Å². The molecule has 0 aliphatic rings. The number of amides is 2. The zero-order chi connectivity index (χ0) is 17.1. The van der Waals surface area contributed by atoms with Crippen molar-refractivity contribution in [3.05, 3.63) is 34.3 Å². The average molecular weight is 397 g/mol. The van der Waals surface area contributed by atoms with E-state index in [4.69, 9.17) is 10.5 Å². The second-order valence-corrected chi connectivity index (χ2v) is 6.92. The molecule has 0 aliphatic heterocycles. The van der Waals surface area contributed by atoms with Crippen LogP contribution in [0.3, 0.4) is 0 Å². The van der Waals surface area contributed by atoms with Gasteiger partial charge in [-0.3, -0.25) is 9.59 Å². The molecule has 0 aromatic heterocycles. The second-order valence-electron chi connectivity index (χ2n) is 5.13. The van der Waals surface area contributed by atoms with Gasteiger partial charge in [-0.05, 0) is 63.8 Å². The topological polar surface area (TPSA) is 72.6 Å². The van der Waals surface area contributed by atoms with Gasteiger partial charge in [-0.2, -0.15) is 0 Å². The number of nitrogens with two attached hydrogens (primary N) is 1. The van der Waals surface area contributed by atoms with E-state index in [1.54, 1.807) is 14.2 Å². The molecule has 122 valence electrons. The molecule has 23 heavy (non-hydrogen) atoms. The smallest absolute Gasteiger partial charge is 0.286 e. The molecule has 7 heteroatoms. The van der Waals surface area contributed by atoms with E-state index in [9.17, 15) is 9.59 Å². The normalized spacial score (nSPS) is 10.6. The minimum Gasteiger partial charge on any atom is -0.496 e. The molecule has 0 aliphatic carbocycles. The molecule has 5 nitrogen and oxygen atoms in total. The van der Waals surface area contributed by atoms with Crippen molar-refractivity contribution in [1.82, 2.24) is 4.90 Å². The molecule has 2 rings (SSSR count). The Morgan fingerprint density at radius 2 is 2.00 bits per heavy atom. The molecule has 2 aromatic carbocycles. The second kappa shape index (κ2) is 7.23. The van der Waals surface area contributed by atoms with Crippen molar-refractivity contribution in [3.8, 4) is 5.75 Å². The number of thioether (sulfide) groups is 1. The molecule has 0 bridgehead atoms. The van der Waals surface area contributed by atoms with Crippen molar-refractivity contribution in [2.75, 3.05) is 20.7 Å². The van der Waals surface area contributed by atoms with Gasteiger partial charge in [0.2, 0.25) is 5.91 Å². The first-order valence-electron chi connectivity index (χ1n) is 6.81. The Morgan fingerprint density at radius 3 is 2.61 bits per heavy atom. The zero-order valence-corrected chi connectivity index (χ0v) is 15.5. The van der Waals surface area contributed by atoms with E-state index in [-0.39, 0.29) is 11.8 Å². The molecule has 2 N–H and O–H groups in total. The number of hydrogen-bond donors (Lipinski definition) is 1. The predicted octanol–water partition coefficient (Wildman–Crippen LogP) is 3.55. The van der Waals surface area contributed by atoms with Crippen LogP contribution in [0.15, 0.2) is 33.6 Å². The molecule has 0 heterocycles. The van der Waals surface area contributed by atoms with Gasteiger partial charge in [-0.15, -0.1) is 0 Å². The van der Waals surface area contributed by atoms with Gasteiger partial charge in [0.25, 0.3) is 5.24 Å². The lowest BCUT2D eigenvalue weighted by Gasteiger charge is -2.16. The van der Waals surface area contributed by atoms with Crippen LogP contribution >= 0.6 is 27.7 Å². The van der Waals surface area contributed by atoms with Crippen LogP contribution in [0.5, 0.6) is 5.75 Å². The number of rotatable bonds is 4. The van der Waals surface area contributed by atoms with Gasteiger partial charge in [0.1, 0.15) is 5.75 Å². The highest BCUT2D eigenvalue weighted by Crippen LogP contribution is 2.38. The Morgan fingerprint density at radius 1 is 1.30 bits per heavy atom. The van der Waals surface area contributed by atoms with Crippen molar-refractivity contribution < 1.29 is 14.3 Å². The van der Waals surface area contributed by atoms with E-state index in [1.807, 2.05) is 31.2 Å². The van der Waals surface area contributed by atoms with E-state index in [0.29, 0.717) is 0 Å². The van der Waals surface area contributed by atoms with Crippen LogP contribution < -0.4 is 10.5 Å². The lowest BCUT2D eigenvalue weighted by atomic mass is 10.1. The highest BCUT2D eigenvalue weighted by atomic mass is 79.9. The maximum atomic E-state index is 12.3. The number of aryl methyl sites for hydroxylation is 1. The number of ether oxygens (including phenoxy) is 1. The summed E-state index contributed by atoms with van der Waals surface area (Å²) in [6, 6.07) is 7.75. The lowest BCUT2D eigenvalue weighted by molar-refractivity contribution is -0.118. The number of nitrogens with zero attached hydrogens (tertiary/aromatic N) is 1. The fourth-order valence-electron chi connectivity index (χ4n) is 2.20. The molecule has 0 saturated carbocycles. The summed E-state index contributed by atoms with van der Waals surface area (Å²) in [5, 5.41) is 1.67. The quantitative estimate of drug-likeness (QED) is 0.801. The first-order chi connectivity index (χ1) is 10.8. The first-order valence-corrected chi connectivity index (χ1v) is 8.42. The summed E-state index contributed by atoms with van der Waals surface area (Å²) in [6.07, 6.45) is 0. The summed E-state index contributed by atoms with van der Waals surface area (Å²) < 4.78 is 6.16. The Bertz CT molecular complexity index is 779. The van der Waals surface area contributed by atoms with Gasteiger partial charge in [0, 0.05) is 17.3 Å². The summed E-state index contributed by atoms with van der Waals surface area (Å²) in [4.78, 5) is 25.3. The van der Waals surface area contributed by atoms with Crippen LogP contribution in [0.1, 0.15) is 5.56 Å². The summed E-state index contributed by atoms with van der Waals surface area (Å²) >= 11 is 4.62. The molecule has 0 atom stereocenters. The van der Waals surface area contributed by atoms with Crippen LogP contribution in [0.2, 0.25) is 0 Å². The highest BCUT2D eigenvalue weighted by molar-refractivity contribution is 9.10. The number of benzene rings is 2. The summed E-state index contributed by atoms with van der Waals surface area (Å²) in [6.45, 7) is 1.86. The van der Waals surface area contributed by atoms with Gasteiger partial charge in [0.15, 0.2) is 0 Å². The summed E-state index contributed by atoms with van der Waals surface area (Å²) in [5.41, 5.74) is 6.16. The number of likely N-dealkylation sites (N-methyl/N-ethyl adjacent to an activating group) is 1. The molecule has 0 fully saturated rings. The van der Waals surface area contributed by atoms with E-state index in [0.717, 1.165) is 43.2 Å². The number of primary amides is 1. The third-order valence-corrected chi connectivity index (χ3v) is 5.12. The molecule has 0 saturated heterocycles. The van der Waals surface area contributed by atoms with Crippen molar-refractivity contribution in [2.45, 2.75) is 11.8 Å². The number of fused-ring (bicyclic) bond motifs is 1. The van der Waals surface area contributed by atoms with Gasteiger partial charge in [0.05, 0.1) is 18.1 Å². The SMILES string of the molecule is COc1ccc2c(SC(=O)N(C)CC(N)=O)cc(C)cc2c1Br. The minimum absolute atomic E-state index is 0.104. The number of halogens is 1. The van der Waals surface area contributed by atoms with Gasteiger partial charge >= 0.3 is 0 Å². The standard InChI is InChI=1S/C16H17BrN2O3S/c1-9-6-11-10(4-5-12(22-3)15(11)17)13(7-9)23-16(21)19(2)8-14(18)20/h4-7H,8H2,1-3H3,(H2,18,20). The fraction of sp³-hybridized carbons (Fsp3) is 0.250. The van der Waals surface area contributed by atoms with Crippen molar-refractivity contribution >= 4 is 49.6 Å². The number of carbonyl (C=O) groups excluding carboxylic acids is 2. The fourth-order valence-corrected chi connectivity index (χ4v) is 3.76. The summed E-state index contributed by atoms with van der Waals surface area (Å²) in [7, 11) is 3.16.